The second-order valence-corrected chi connectivity index (χ2v) is 4.39. The standard InChI is InChI=1S/C12H23N3/c1-3-11-5-7-15(10-11)8-6-12(9-13)14-4-2/h11-12,14H,3-8,10H2,1-2H3. The minimum absolute atomic E-state index is 0.0377. The molecule has 1 saturated heterocycles. The third-order valence-corrected chi connectivity index (χ3v) is 3.29. The Bertz CT molecular complexity index is 209. The SMILES string of the molecule is CCNC(C#N)CCN1CCC(CC)C1. The molecule has 1 aliphatic heterocycles. The van der Waals surface area contributed by atoms with Crippen molar-refractivity contribution in [3.63, 3.8) is 0 Å². The molecule has 0 bridgehead atoms. The van der Waals surface area contributed by atoms with Gasteiger partial charge in [0, 0.05) is 13.1 Å². The Hall–Kier alpha value is -0.590. The highest BCUT2D eigenvalue weighted by molar-refractivity contribution is 4.90. The third kappa shape index (κ3) is 4.19. The maximum atomic E-state index is 8.90. The van der Waals surface area contributed by atoms with E-state index in [0.717, 1.165) is 25.4 Å². The number of likely N-dealkylation sites (tertiary alicyclic amines) is 1. The summed E-state index contributed by atoms with van der Waals surface area (Å²) >= 11 is 0. The lowest BCUT2D eigenvalue weighted by Crippen LogP contribution is -2.32. The fourth-order valence-electron chi connectivity index (χ4n) is 2.22. The van der Waals surface area contributed by atoms with Gasteiger partial charge < -0.3 is 10.2 Å². The fraction of sp³-hybridized carbons (Fsp3) is 0.917. The molecule has 3 heteroatoms. The first kappa shape index (κ1) is 12.5. The number of nitrogens with one attached hydrogen (secondary N) is 1. The summed E-state index contributed by atoms with van der Waals surface area (Å²) < 4.78 is 0. The molecule has 2 atom stereocenters. The van der Waals surface area contributed by atoms with Gasteiger partial charge in [-0.25, -0.2) is 0 Å². The molecule has 1 heterocycles. The molecule has 1 rings (SSSR count). The van der Waals surface area contributed by atoms with Crippen molar-refractivity contribution in [1.29, 1.82) is 5.26 Å². The summed E-state index contributed by atoms with van der Waals surface area (Å²) in [6.07, 6.45) is 3.60. The minimum Gasteiger partial charge on any atom is -0.303 e. The molecule has 0 aliphatic carbocycles. The summed E-state index contributed by atoms with van der Waals surface area (Å²) in [7, 11) is 0. The van der Waals surface area contributed by atoms with E-state index in [1.807, 2.05) is 6.92 Å². The molecule has 2 unspecified atom stereocenters. The van der Waals surface area contributed by atoms with Crippen LogP contribution in [0.2, 0.25) is 0 Å². The molecule has 0 aromatic carbocycles. The number of hydrogen-bond donors (Lipinski definition) is 1. The van der Waals surface area contributed by atoms with E-state index in [9.17, 15) is 0 Å². The number of nitrogens with zero attached hydrogens (tertiary/aromatic N) is 2. The molecule has 0 aromatic rings. The van der Waals surface area contributed by atoms with Crippen molar-refractivity contribution in [2.75, 3.05) is 26.2 Å². The zero-order valence-electron chi connectivity index (χ0n) is 10.00. The highest BCUT2D eigenvalue weighted by atomic mass is 15.1. The van der Waals surface area contributed by atoms with E-state index < -0.39 is 0 Å². The van der Waals surface area contributed by atoms with E-state index >= 15 is 0 Å². The van der Waals surface area contributed by atoms with Gasteiger partial charge in [0.2, 0.25) is 0 Å². The molecule has 3 nitrogen and oxygen atoms in total. The molecule has 0 radical (unpaired) electrons. The van der Waals surface area contributed by atoms with E-state index in [0.29, 0.717) is 0 Å². The molecule has 1 N–H and O–H groups in total. The highest BCUT2D eigenvalue weighted by Gasteiger charge is 2.21. The van der Waals surface area contributed by atoms with Gasteiger partial charge in [-0.2, -0.15) is 5.26 Å². The molecule has 0 spiro atoms. The zero-order valence-corrected chi connectivity index (χ0v) is 10.00. The van der Waals surface area contributed by atoms with Crippen molar-refractivity contribution in [1.82, 2.24) is 10.2 Å². The van der Waals surface area contributed by atoms with Crippen LogP contribution in [-0.2, 0) is 0 Å². The average molecular weight is 209 g/mol. The van der Waals surface area contributed by atoms with E-state index in [1.54, 1.807) is 0 Å². The Balaban J connectivity index is 2.17. The van der Waals surface area contributed by atoms with Gasteiger partial charge in [0.15, 0.2) is 0 Å². The summed E-state index contributed by atoms with van der Waals surface area (Å²) in [5, 5.41) is 12.1. The van der Waals surface area contributed by atoms with Crippen molar-refractivity contribution in [2.24, 2.45) is 5.92 Å². The van der Waals surface area contributed by atoms with Crippen LogP contribution in [0.5, 0.6) is 0 Å². The van der Waals surface area contributed by atoms with Gasteiger partial charge in [-0.05, 0) is 31.8 Å². The molecule has 0 aromatic heterocycles. The van der Waals surface area contributed by atoms with Gasteiger partial charge in [0.05, 0.1) is 12.1 Å². The first-order valence-electron chi connectivity index (χ1n) is 6.15. The van der Waals surface area contributed by atoms with Crippen LogP contribution in [-0.4, -0.2) is 37.1 Å². The monoisotopic (exact) mass is 209 g/mol. The molecular weight excluding hydrogens is 186 g/mol. The first-order valence-corrected chi connectivity index (χ1v) is 6.15. The predicted molar refractivity (Wildman–Crippen MR) is 62.5 cm³/mol. The number of hydrogen-bond acceptors (Lipinski definition) is 3. The Kier molecular flexibility index (Phi) is 5.67. The van der Waals surface area contributed by atoms with Gasteiger partial charge >= 0.3 is 0 Å². The lowest BCUT2D eigenvalue weighted by Gasteiger charge is -2.17. The quantitative estimate of drug-likeness (QED) is 0.722. The molecule has 0 saturated carbocycles. The van der Waals surface area contributed by atoms with Crippen LogP contribution in [0.15, 0.2) is 0 Å². The van der Waals surface area contributed by atoms with E-state index in [2.05, 4.69) is 23.2 Å². The molecular formula is C12H23N3. The van der Waals surface area contributed by atoms with Crippen LogP contribution in [0, 0.1) is 17.2 Å². The molecule has 1 aliphatic rings. The number of nitriles is 1. The van der Waals surface area contributed by atoms with E-state index in [4.69, 9.17) is 5.26 Å². The van der Waals surface area contributed by atoms with Crippen LogP contribution in [0.3, 0.4) is 0 Å². The van der Waals surface area contributed by atoms with Crippen LogP contribution in [0.25, 0.3) is 0 Å². The fourth-order valence-corrected chi connectivity index (χ4v) is 2.22. The smallest absolute Gasteiger partial charge is 0.0965 e. The average Bonchev–Trinajstić information content (AvgIpc) is 2.72. The third-order valence-electron chi connectivity index (χ3n) is 3.29. The van der Waals surface area contributed by atoms with Gasteiger partial charge in [0.25, 0.3) is 0 Å². The van der Waals surface area contributed by atoms with Crippen LogP contribution in [0.1, 0.15) is 33.1 Å². The summed E-state index contributed by atoms with van der Waals surface area (Å²) in [4.78, 5) is 2.50. The van der Waals surface area contributed by atoms with Crippen LogP contribution < -0.4 is 5.32 Å². The Labute approximate surface area is 93.5 Å². The summed E-state index contributed by atoms with van der Waals surface area (Å²) in [5.74, 6) is 0.893. The first-order chi connectivity index (χ1) is 7.30. The van der Waals surface area contributed by atoms with Crippen molar-refractivity contribution in [3.8, 4) is 6.07 Å². The van der Waals surface area contributed by atoms with Gasteiger partial charge in [-0.3, -0.25) is 0 Å². The number of rotatable bonds is 6. The normalized spacial score (nSPS) is 23.9. The summed E-state index contributed by atoms with van der Waals surface area (Å²) in [6.45, 7) is 8.74. The Morgan fingerprint density at radius 3 is 2.87 bits per heavy atom. The van der Waals surface area contributed by atoms with Crippen molar-refractivity contribution >= 4 is 0 Å². The van der Waals surface area contributed by atoms with Crippen molar-refractivity contribution in [2.45, 2.75) is 39.2 Å². The topological polar surface area (TPSA) is 39.1 Å². The Morgan fingerprint density at radius 2 is 2.33 bits per heavy atom. The maximum Gasteiger partial charge on any atom is 0.0965 e. The largest absolute Gasteiger partial charge is 0.303 e. The molecule has 15 heavy (non-hydrogen) atoms. The van der Waals surface area contributed by atoms with Crippen LogP contribution in [0.4, 0.5) is 0 Å². The lowest BCUT2D eigenvalue weighted by molar-refractivity contribution is 0.308. The van der Waals surface area contributed by atoms with Gasteiger partial charge in [0.1, 0.15) is 0 Å². The van der Waals surface area contributed by atoms with E-state index in [-0.39, 0.29) is 6.04 Å². The maximum absolute atomic E-state index is 8.90. The summed E-state index contributed by atoms with van der Waals surface area (Å²) in [6, 6.07) is 2.35. The van der Waals surface area contributed by atoms with Gasteiger partial charge in [-0.15, -0.1) is 0 Å². The lowest BCUT2D eigenvalue weighted by atomic mass is 10.1. The second-order valence-electron chi connectivity index (χ2n) is 4.39. The highest BCUT2D eigenvalue weighted by Crippen LogP contribution is 2.19. The molecule has 0 amide bonds. The van der Waals surface area contributed by atoms with Crippen molar-refractivity contribution in [3.05, 3.63) is 0 Å². The van der Waals surface area contributed by atoms with Gasteiger partial charge in [-0.1, -0.05) is 20.3 Å². The minimum atomic E-state index is 0.0377. The predicted octanol–water partition coefficient (Wildman–Crippen LogP) is 1.61. The summed E-state index contributed by atoms with van der Waals surface area (Å²) in [5.41, 5.74) is 0. The van der Waals surface area contributed by atoms with Crippen LogP contribution >= 0.6 is 0 Å². The molecule has 1 fully saturated rings. The van der Waals surface area contributed by atoms with Crippen molar-refractivity contribution < 1.29 is 0 Å². The zero-order chi connectivity index (χ0) is 11.1. The van der Waals surface area contributed by atoms with E-state index in [1.165, 1.54) is 25.9 Å². The Morgan fingerprint density at radius 1 is 1.53 bits per heavy atom. The second kappa shape index (κ2) is 6.81. The molecule has 86 valence electrons.